The first-order chi connectivity index (χ1) is 30.1. The largest absolute Gasteiger partial charge is 0.301 e. The lowest BCUT2D eigenvalue weighted by atomic mass is 9.12. The van der Waals surface area contributed by atoms with Gasteiger partial charge >= 0.3 is 10.3 Å². The summed E-state index contributed by atoms with van der Waals surface area (Å²) in [5.41, 5.74) is -14.3. The van der Waals surface area contributed by atoms with Crippen LogP contribution in [0.15, 0.2) is 18.2 Å². The molecule has 27 heteroatoms. The average Bonchev–Trinajstić information content (AvgIpc) is 4.02. The van der Waals surface area contributed by atoms with E-state index in [9.17, 15) is 52.7 Å². The van der Waals surface area contributed by atoms with Gasteiger partial charge in [0.2, 0.25) is 0 Å². The van der Waals surface area contributed by atoms with Gasteiger partial charge < -0.3 is 0 Å². The zero-order valence-electron chi connectivity index (χ0n) is 29.3. The molecule has 3 heterocycles. The van der Waals surface area contributed by atoms with E-state index in [2.05, 4.69) is 18.2 Å². The molecule has 0 amide bonds. The van der Waals surface area contributed by atoms with Crippen molar-refractivity contribution in [1.29, 1.82) is 0 Å². The Hall–Kier alpha value is -4.83. The van der Waals surface area contributed by atoms with Crippen LogP contribution in [-0.2, 0) is 0 Å². The minimum atomic E-state index is -7.22. The van der Waals surface area contributed by atoms with Crippen LogP contribution in [0.4, 0.5) is 87.8 Å². The summed E-state index contributed by atoms with van der Waals surface area (Å²) in [6.45, 7) is 0. The van der Waals surface area contributed by atoms with Crippen LogP contribution in [0.5, 0.6) is 0 Å². The molecule has 0 saturated heterocycles. The maximum atomic E-state index is 15.4. The topological polar surface area (TPSA) is 0 Å². The summed E-state index contributed by atoms with van der Waals surface area (Å²) in [5.74, 6) is -71.4. The predicted octanol–water partition coefficient (Wildman–Crippen LogP) is 13.4. The highest BCUT2D eigenvalue weighted by Gasteiger charge is 2.52. The van der Waals surface area contributed by atoms with Gasteiger partial charge in [0.15, 0.2) is 80.1 Å². The van der Waals surface area contributed by atoms with E-state index < -0.39 is 144 Å². The highest BCUT2D eigenvalue weighted by molar-refractivity contribution is 7.77. The molecule has 10 rings (SSSR count). The van der Waals surface area contributed by atoms with Crippen molar-refractivity contribution in [3.8, 4) is 0 Å². The zero-order valence-corrected chi connectivity index (χ0v) is 34.2. The molecule has 0 fully saturated rings. The fraction of sp³-hybridized carbons (Fsp3) is 0. The van der Waals surface area contributed by atoms with Crippen molar-refractivity contribution in [2.75, 3.05) is 0 Å². The van der Waals surface area contributed by atoms with Gasteiger partial charge in [-0.15, -0.1) is 21.9 Å². The minimum absolute atomic E-state index is 1.47. The molecular formula is C37H3BF20S6. The van der Waals surface area contributed by atoms with Crippen molar-refractivity contribution in [3.05, 3.63) is 135 Å². The second-order valence-corrected chi connectivity index (χ2v) is 20.1. The second kappa shape index (κ2) is 15.1. The van der Waals surface area contributed by atoms with Crippen molar-refractivity contribution in [3.63, 3.8) is 0 Å². The first-order valence-corrected chi connectivity index (χ1v) is 23.1. The summed E-state index contributed by atoms with van der Waals surface area (Å²) in [5, 5.41) is 6.09. The van der Waals surface area contributed by atoms with Gasteiger partial charge in [0.25, 0.3) is 4.70 Å². The fourth-order valence-electron chi connectivity index (χ4n) is 7.81. The van der Waals surface area contributed by atoms with Crippen molar-refractivity contribution in [2.45, 2.75) is 0 Å². The van der Waals surface area contributed by atoms with E-state index in [-0.39, 0.29) is 0 Å². The van der Waals surface area contributed by atoms with Crippen LogP contribution in [0.1, 0.15) is 0 Å². The van der Waals surface area contributed by atoms with E-state index in [1.807, 2.05) is 62.0 Å². The molecule has 0 aliphatic rings. The quantitative estimate of drug-likeness (QED) is 0.0412. The fourth-order valence-corrected chi connectivity index (χ4v) is 15.5. The maximum Gasteiger partial charge on any atom is 0.301 e. The molecule has 0 radical (unpaired) electrons. The van der Waals surface area contributed by atoms with Crippen LogP contribution in [-0.4, -0.2) is 6.15 Å². The lowest BCUT2D eigenvalue weighted by Crippen LogP contribution is -2.81. The van der Waals surface area contributed by atoms with Crippen molar-refractivity contribution in [1.82, 2.24) is 0 Å². The molecule has 0 nitrogen and oxygen atoms in total. The van der Waals surface area contributed by atoms with Gasteiger partial charge in [-0.1, -0.05) is 41.4 Å². The minimum Gasteiger partial charge on any atom is -0.207 e. The second-order valence-electron chi connectivity index (χ2n) is 13.4. The molecule has 10 aromatic rings. The van der Waals surface area contributed by atoms with E-state index in [1.54, 1.807) is 5.39 Å². The predicted molar refractivity (Wildman–Crippen MR) is 206 cm³/mol. The lowest BCUT2D eigenvalue weighted by molar-refractivity contribution is 0.378. The molecule has 64 heavy (non-hydrogen) atoms. The Morgan fingerprint density at radius 3 is 0.781 bits per heavy atom. The maximum absolute atomic E-state index is 15.4. The van der Waals surface area contributed by atoms with E-state index in [1.165, 1.54) is 44.4 Å². The summed E-state index contributed by atoms with van der Waals surface area (Å²) < 4.78 is 303. The molecule has 0 aliphatic heterocycles. The number of hydrogen-bond donors (Lipinski definition) is 0. The van der Waals surface area contributed by atoms with Crippen molar-refractivity contribution in [2.24, 2.45) is 0 Å². The van der Waals surface area contributed by atoms with E-state index in [0.717, 1.165) is 0 Å². The monoisotopic (exact) mass is 1030 g/mol. The highest BCUT2D eigenvalue weighted by Crippen LogP contribution is 2.53. The van der Waals surface area contributed by atoms with Crippen LogP contribution in [0.2, 0.25) is 0 Å². The standard InChI is InChI=1S/C24BF20.C13H3S6/c26-5-1(6(27)14(35)21(42)13(5)34)25(2-7(28)15(36)22(43)16(37)8(2)29,3-9(30)17(38)23(44)18(39)10(3)31)4-11(32)19(40)24(45)20(41)12(4)33;1-4-10-6(16-14-4)2-8-12-9(19-18-8)3-7-11(13(10)12)5(1)15-17-7/h;1-3H/q-1;+1. The summed E-state index contributed by atoms with van der Waals surface area (Å²) in [7, 11) is 11.6. The Bertz CT molecular complexity index is 3030. The van der Waals surface area contributed by atoms with Crippen LogP contribution in [0.3, 0.4) is 0 Å². The Labute approximate surface area is 360 Å². The summed E-state index contributed by atoms with van der Waals surface area (Å²) in [4.78, 5) is 0. The average molecular weight is 1030 g/mol. The molecule has 0 atom stereocenters. The molecule has 0 aliphatic carbocycles. The molecule has 0 spiro atoms. The third-order valence-corrected chi connectivity index (χ3v) is 17.6. The first kappa shape index (κ1) is 44.4. The number of rotatable bonds is 4. The van der Waals surface area contributed by atoms with Gasteiger partial charge in [-0.25, -0.2) is 87.8 Å². The smallest absolute Gasteiger partial charge is 0.207 e. The molecule has 3 aromatic heterocycles. The molecule has 0 bridgehead atoms. The summed E-state index contributed by atoms with van der Waals surface area (Å²) in [6.07, 6.45) is -7.22. The third kappa shape index (κ3) is 5.68. The van der Waals surface area contributed by atoms with Crippen molar-refractivity contribution >= 4 is 140 Å². The van der Waals surface area contributed by atoms with Gasteiger partial charge in [-0.3, -0.25) is 0 Å². The van der Waals surface area contributed by atoms with Crippen LogP contribution in [0.25, 0.3) is 49.7 Å². The summed E-state index contributed by atoms with van der Waals surface area (Å²) >= 11 is 0. The SMILES string of the molecule is Fc1c(F)c(F)c([B-](c2c(F)c(F)c(F)c(F)c2F)(c2c(F)c(F)c(F)c(F)c2F)c2c(F)c(F)c(F)c(F)c2F)c(F)c1F.c1c2ssc3cc4s[s+]c5cc6ssc1c6c(c23)c45. The zero-order chi connectivity index (χ0) is 46.5. The van der Waals surface area contributed by atoms with E-state index in [0.29, 0.717) is 0 Å². The van der Waals surface area contributed by atoms with Crippen LogP contribution in [0, 0.1) is 116 Å². The Balaban J connectivity index is 0.000000220. The molecule has 0 N–H and O–H groups in total. The van der Waals surface area contributed by atoms with Gasteiger partial charge in [0.05, 0.1) is 10.1 Å². The number of benzene rings is 7. The Morgan fingerprint density at radius 1 is 0.266 bits per heavy atom. The molecular weight excluding hydrogens is 1030 g/mol. The van der Waals surface area contributed by atoms with Crippen LogP contribution >= 0.6 is 62.0 Å². The van der Waals surface area contributed by atoms with Gasteiger partial charge in [-0.05, 0) is 12.1 Å². The molecule has 7 aromatic carbocycles. The van der Waals surface area contributed by atoms with E-state index >= 15 is 35.1 Å². The first-order valence-electron chi connectivity index (χ1n) is 16.6. The Kier molecular flexibility index (Phi) is 10.5. The number of hydrogen-bond acceptors (Lipinski definition) is 5. The van der Waals surface area contributed by atoms with Crippen molar-refractivity contribution < 1.29 is 87.8 Å². The van der Waals surface area contributed by atoms with Gasteiger partial charge in [0, 0.05) is 36.3 Å². The van der Waals surface area contributed by atoms with Gasteiger partial charge in [0.1, 0.15) is 57.4 Å². The van der Waals surface area contributed by atoms with Crippen LogP contribution < -0.4 is 21.9 Å². The van der Waals surface area contributed by atoms with E-state index in [4.69, 9.17) is 0 Å². The molecule has 330 valence electrons. The lowest BCUT2D eigenvalue weighted by Gasteiger charge is -2.44. The molecule has 0 unspecified atom stereocenters. The summed E-state index contributed by atoms with van der Waals surface area (Å²) in [6, 6.07) is 7.20. The third-order valence-electron chi connectivity index (χ3n) is 10.4. The Morgan fingerprint density at radius 2 is 0.500 bits per heavy atom. The molecule has 0 saturated carbocycles. The van der Waals surface area contributed by atoms with Gasteiger partial charge in [-0.2, -0.15) is 0 Å². The number of halogens is 20. The normalized spacial score (nSPS) is 12.4. The highest BCUT2D eigenvalue weighted by atomic mass is 32.9.